The molecular formula is C25H25NO2. The fourth-order valence-electron chi connectivity index (χ4n) is 3.98. The van der Waals surface area contributed by atoms with Gasteiger partial charge in [-0.15, -0.1) is 0 Å². The molecule has 4 rings (SSSR count). The van der Waals surface area contributed by atoms with E-state index in [1.54, 1.807) is 0 Å². The van der Waals surface area contributed by atoms with Crippen LogP contribution in [0.4, 0.5) is 0 Å². The molecule has 142 valence electrons. The lowest BCUT2D eigenvalue weighted by Crippen LogP contribution is -2.02. The second kappa shape index (κ2) is 7.99. The summed E-state index contributed by atoms with van der Waals surface area (Å²) in [4.78, 5) is 13.5. The average Bonchev–Trinajstić information content (AvgIpc) is 3.10. The molecule has 0 bridgehead atoms. The fraction of sp³-hybridized carbons (Fsp3) is 0.240. The Morgan fingerprint density at radius 3 is 2.32 bits per heavy atom. The second-order valence-corrected chi connectivity index (χ2v) is 7.34. The molecule has 3 nitrogen and oxygen atoms in total. The second-order valence-electron chi connectivity index (χ2n) is 7.34. The van der Waals surface area contributed by atoms with Crippen molar-refractivity contribution in [3.63, 3.8) is 0 Å². The summed E-state index contributed by atoms with van der Waals surface area (Å²) in [5.41, 5.74) is 3.78. The molecule has 0 atom stereocenters. The van der Waals surface area contributed by atoms with E-state index in [2.05, 4.69) is 23.6 Å². The van der Waals surface area contributed by atoms with Crippen molar-refractivity contribution >= 4 is 27.5 Å². The first kappa shape index (κ1) is 18.5. The smallest absolute Gasteiger partial charge is 0.195 e. The highest BCUT2D eigenvalue weighted by molar-refractivity contribution is 6.21. The summed E-state index contributed by atoms with van der Waals surface area (Å²) in [7, 11) is 0. The minimum atomic E-state index is 0.0708. The van der Waals surface area contributed by atoms with E-state index in [1.807, 2.05) is 54.7 Å². The van der Waals surface area contributed by atoms with Gasteiger partial charge < -0.3 is 9.67 Å². The maximum absolute atomic E-state index is 13.5. The molecule has 3 heteroatoms. The van der Waals surface area contributed by atoms with Gasteiger partial charge in [-0.3, -0.25) is 4.79 Å². The predicted molar refractivity (Wildman–Crippen MR) is 115 cm³/mol. The van der Waals surface area contributed by atoms with E-state index in [0.29, 0.717) is 0 Å². The number of nitrogens with zero attached hydrogens (tertiary/aromatic N) is 1. The molecule has 1 aromatic heterocycles. The number of unbranched alkanes of at least 4 members (excludes halogenated alkanes) is 2. The average molecular weight is 371 g/mol. The van der Waals surface area contributed by atoms with Gasteiger partial charge in [0.05, 0.1) is 0 Å². The number of aromatic nitrogens is 1. The summed E-state index contributed by atoms with van der Waals surface area (Å²) < 4.78 is 2.18. The summed E-state index contributed by atoms with van der Waals surface area (Å²) in [5.74, 6) is 0.0708. The van der Waals surface area contributed by atoms with Gasteiger partial charge in [0.15, 0.2) is 5.78 Å². The van der Waals surface area contributed by atoms with Crippen molar-refractivity contribution in [3.8, 4) is 0 Å². The number of carbonyl (C=O) groups is 1. The molecule has 0 spiro atoms. The molecule has 4 aromatic rings. The largest absolute Gasteiger partial charge is 0.396 e. The van der Waals surface area contributed by atoms with E-state index in [4.69, 9.17) is 5.11 Å². The molecule has 0 saturated carbocycles. The highest BCUT2D eigenvalue weighted by Crippen LogP contribution is 2.28. The van der Waals surface area contributed by atoms with Crippen molar-refractivity contribution in [1.29, 1.82) is 0 Å². The lowest BCUT2D eigenvalue weighted by molar-refractivity contribution is 0.104. The molecule has 0 radical (unpaired) electrons. The summed E-state index contributed by atoms with van der Waals surface area (Å²) >= 11 is 0. The van der Waals surface area contributed by atoms with E-state index in [9.17, 15) is 4.79 Å². The van der Waals surface area contributed by atoms with Gasteiger partial charge >= 0.3 is 0 Å². The van der Waals surface area contributed by atoms with E-state index >= 15 is 0 Å². The minimum absolute atomic E-state index is 0.0708. The van der Waals surface area contributed by atoms with Crippen molar-refractivity contribution in [2.75, 3.05) is 6.61 Å². The van der Waals surface area contributed by atoms with Crippen LogP contribution in [0.2, 0.25) is 0 Å². The number of ketones is 1. The van der Waals surface area contributed by atoms with Gasteiger partial charge in [0.2, 0.25) is 0 Å². The zero-order valence-electron chi connectivity index (χ0n) is 16.2. The molecule has 0 saturated heterocycles. The first-order chi connectivity index (χ1) is 13.7. The minimum Gasteiger partial charge on any atom is -0.396 e. The van der Waals surface area contributed by atoms with Crippen LogP contribution in [0.5, 0.6) is 0 Å². The number of rotatable bonds is 7. The van der Waals surface area contributed by atoms with Crippen LogP contribution in [0.1, 0.15) is 40.7 Å². The number of benzene rings is 3. The maximum Gasteiger partial charge on any atom is 0.195 e. The van der Waals surface area contributed by atoms with Crippen LogP contribution < -0.4 is 0 Å². The third kappa shape index (κ3) is 3.34. The SMILES string of the molecule is Cc1ccc(C(=O)c2cn(CCCCCO)c3ccccc23)c2ccccc12. The molecule has 0 unspecified atom stereocenters. The monoisotopic (exact) mass is 371 g/mol. The third-order valence-electron chi connectivity index (χ3n) is 5.48. The molecule has 1 heterocycles. The first-order valence-corrected chi connectivity index (χ1v) is 9.92. The van der Waals surface area contributed by atoms with Crippen LogP contribution in [0, 0.1) is 6.92 Å². The third-order valence-corrected chi connectivity index (χ3v) is 5.48. The van der Waals surface area contributed by atoms with Crippen molar-refractivity contribution in [1.82, 2.24) is 4.57 Å². The molecule has 0 aliphatic heterocycles. The summed E-state index contributed by atoms with van der Waals surface area (Å²) in [6.07, 6.45) is 4.79. The van der Waals surface area contributed by atoms with Crippen LogP contribution in [0.3, 0.4) is 0 Å². The highest BCUT2D eigenvalue weighted by atomic mass is 16.2. The number of para-hydroxylation sites is 1. The Morgan fingerprint density at radius 1 is 0.821 bits per heavy atom. The van der Waals surface area contributed by atoms with Crippen LogP contribution in [0.15, 0.2) is 66.9 Å². The summed E-state index contributed by atoms with van der Waals surface area (Å²) in [6.45, 7) is 3.16. The number of aliphatic hydroxyl groups is 1. The van der Waals surface area contributed by atoms with Crippen molar-refractivity contribution < 1.29 is 9.90 Å². The number of aryl methyl sites for hydroxylation is 2. The standard InChI is InChI=1S/C25H25NO2/c1-18-13-14-22(20-10-4-3-9-19(18)20)25(28)23-17-26(15-7-2-8-16-27)24-12-6-5-11-21(23)24/h3-6,9-14,17,27H,2,7-8,15-16H2,1H3. The van der Waals surface area contributed by atoms with E-state index in [0.717, 1.165) is 58.6 Å². The van der Waals surface area contributed by atoms with Gasteiger partial charge in [0.25, 0.3) is 0 Å². The molecule has 28 heavy (non-hydrogen) atoms. The molecule has 0 amide bonds. The molecule has 0 aliphatic rings. The molecule has 0 fully saturated rings. The van der Waals surface area contributed by atoms with Gasteiger partial charge in [0, 0.05) is 41.4 Å². The van der Waals surface area contributed by atoms with Crippen molar-refractivity contribution in [2.24, 2.45) is 0 Å². The quantitative estimate of drug-likeness (QED) is 0.344. The summed E-state index contributed by atoms with van der Waals surface area (Å²) in [5, 5.41) is 12.1. The first-order valence-electron chi connectivity index (χ1n) is 9.92. The fourth-order valence-corrected chi connectivity index (χ4v) is 3.98. The Bertz CT molecular complexity index is 1140. The highest BCUT2D eigenvalue weighted by Gasteiger charge is 2.18. The number of hydrogen-bond acceptors (Lipinski definition) is 2. The lowest BCUT2D eigenvalue weighted by Gasteiger charge is -2.08. The predicted octanol–water partition coefficient (Wildman–Crippen LogP) is 5.50. The van der Waals surface area contributed by atoms with Gasteiger partial charge in [0.1, 0.15) is 0 Å². The van der Waals surface area contributed by atoms with E-state index in [-0.39, 0.29) is 12.4 Å². The van der Waals surface area contributed by atoms with Crippen molar-refractivity contribution in [2.45, 2.75) is 32.7 Å². The van der Waals surface area contributed by atoms with Gasteiger partial charge in [-0.1, -0.05) is 54.6 Å². The van der Waals surface area contributed by atoms with Crippen molar-refractivity contribution in [3.05, 3.63) is 83.6 Å². The van der Waals surface area contributed by atoms with Crippen LogP contribution in [0.25, 0.3) is 21.7 Å². The zero-order valence-corrected chi connectivity index (χ0v) is 16.2. The van der Waals surface area contributed by atoms with E-state index in [1.165, 1.54) is 5.56 Å². The Kier molecular flexibility index (Phi) is 5.27. The van der Waals surface area contributed by atoms with Gasteiger partial charge in [-0.2, -0.15) is 0 Å². The Balaban J connectivity index is 1.77. The maximum atomic E-state index is 13.5. The molecule has 0 aliphatic carbocycles. The number of hydrogen-bond donors (Lipinski definition) is 1. The molecule has 1 N–H and O–H groups in total. The van der Waals surface area contributed by atoms with Crippen LogP contribution in [-0.4, -0.2) is 22.1 Å². The zero-order chi connectivity index (χ0) is 19.5. The Morgan fingerprint density at radius 2 is 1.54 bits per heavy atom. The normalized spacial score (nSPS) is 11.4. The number of fused-ring (bicyclic) bond motifs is 2. The van der Waals surface area contributed by atoms with Gasteiger partial charge in [-0.25, -0.2) is 0 Å². The molecule has 3 aromatic carbocycles. The van der Waals surface area contributed by atoms with Crippen LogP contribution in [-0.2, 0) is 6.54 Å². The summed E-state index contributed by atoms with van der Waals surface area (Å²) in [6, 6.07) is 20.2. The van der Waals surface area contributed by atoms with Gasteiger partial charge in [-0.05, 0) is 48.6 Å². The Labute approximate surface area is 165 Å². The number of aliphatic hydroxyl groups excluding tert-OH is 1. The van der Waals surface area contributed by atoms with Crippen LogP contribution >= 0.6 is 0 Å². The number of carbonyl (C=O) groups excluding carboxylic acids is 1. The topological polar surface area (TPSA) is 42.2 Å². The van der Waals surface area contributed by atoms with E-state index < -0.39 is 0 Å². The lowest BCUT2D eigenvalue weighted by atomic mass is 9.95. The Hall–Kier alpha value is -2.91. The molecular weight excluding hydrogens is 346 g/mol.